The van der Waals surface area contributed by atoms with E-state index in [-0.39, 0.29) is 21.1 Å². The molecule has 0 aromatic rings. The van der Waals surface area contributed by atoms with Crippen LogP contribution in [0.4, 0.5) is 0 Å². The van der Waals surface area contributed by atoms with E-state index in [1.165, 1.54) is 36.7 Å². The summed E-state index contributed by atoms with van der Waals surface area (Å²) >= 11 is 2.01. The molecule has 0 aliphatic rings. The molecule has 0 saturated carbocycles. The smallest absolute Gasteiger partial charge is 0 e. The Morgan fingerprint density at radius 3 is 2.00 bits per heavy atom. The standard InChI is InChI=1S/C12H25S.W/c1-11(2)13-10-8-6-7-9-12(3,4)5;/h6-10H2,1-5H3;/q-1;. The molecule has 0 aromatic heterocycles. The van der Waals surface area contributed by atoms with Crippen LogP contribution in [0.2, 0.25) is 0 Å². The first-order chi connectivity index (χ1) is 5.92. The summed E-state index contributed by atoms with van der Waals surface area (Å²) in [4.78, 5) is 0. The fraction of sp³-hybridized carbons (Fsp3) is 0.917. The first-order valence-electron chi connectivity index (χ1n) is 5.35. The van der Waals surface area contributed by atoms with E-state index < -0.39 is 0 Å². The quantitative estimate of drug-likeness (QED) is 0.463. The first kappa shape index (κ1) is 17.4. The van der Waals surface area contributed by atoms with Gasteiger partial charge in [-0.3, -0.25) is 5.25 Å². The minimum atomic E-state index is 0. The average molecular weight is 385 g/mol. The second-order valence-corrected chi connectivity index (χ2v) is 6.64. The molecule has 2 heteroatoms. The second-order valence-electron chi connectivity index (χ2n) is 5.13. The van der Waals surface area contributed by atoms with Crippen LogP contribution >= 0.6 is 11.8 Å². The maximum Gasteiger partial charge on any atom is 0 e. The molecular weight excluding hydrogens is 360 g/mol. The Morgan fingerprint density at radius 1 is 1.00 bits per heavy atom. The van der Waals surface area contributed by atoms with Crippen molar-refractivity contribution in [1.29, 1.82) is 0 Å². The van der Waals surface area contributed by atoms with Crippen LogP contribution in [0.3, 0.4) is 0 Å². The van der Waals surface area contributed by atoms with Gasteiger partial charge in [0.1, 0.15) is 0 Å². The van der Waals surface area contributed by atoms with Gasteiger partial charge in [-0.05, 0) is 24.0 Å². The summed E-state index contributed by atoms with van der Waals surface area (Å²) in [5.74, 6) is 1.31. The van der Waals surface area contributed by atoms with Crippen molar-refractivity contribution < 1.29 is 21.1 Å². The number of rotatable bonds is 6. The third kappa shape index (κ3) is 15.5. The van der Waals surface area contributed by atoms with Gasteiger partial charge in [0.2, 0.25) is 0 Å². The zero-order valence-corrected chi connectivity index (χ0v) is 14.1. The first-order valence-corrected chi connectivity index (χ1v) is 6.33. The Kier molecular flexibility index (Phi) is 11.6. The molecule has 0 saturated heterocycles. The minimum absolute atomic E-state index is 0. The van der Waals surface area contributed by atoms with Crippen LogP contribution in [-0.2, 0) is 21.1 Å². The number of hydrogen-bond acceptors (Lipinski definition) is 1. The summed E-state index contributed by atoms with van der Waals surface area (Å²) in [6.45, 7) is 11.4. The van der Waals surface area contributed by atoms with Gasteiger partial charge in [0, 0.05) is 21.1 Å². The van der Waals surface area contributed by atoms with Crippen molar-refractivity contribution >= 4 is 11.8 Å². The summed E-state index contributed by atoms with van der Waals surface area (Å²) < 4.78 is 0. The largest absolute Gasteiger partial charge is 0.349 e. The molecule has 14 heavy (non-hydrogen) atoms. The maximum atomic E-state index is 2.33. The van der Waals surface area contributed by atoms with Crippen LogP contribution in [0.1, 0.15) is 60.3 Å². The fourth-order valence-corrected chi connectivity index (χ4v) is 1.97. The average Bonchev–Trinajstić information content (AvgIpc) is 1.93. The number of unbranched alkanes of at least 4 members (excludes halogenated alkanes) is 2. The van der Waals surface area contributed by atoms with Crippen LogP contribution in [0, 0.1) is 10.7 Å². The molecule has 0 aliphatic heterocycles. The van der Waals surface area contributed by atoms with Crippen molar-refractivity contribution in [2.45, 2.75) is 60.3 Å². The van der Waals surface area contributed by atoms with E-state index in [9.17, 15) is 0 Å². The topological polar surface area (TPSA) is 0 Å². The third-order valence-corrected chi connectivity index (χ3v) is 3.03. The Hall–Kier alpha value is 1.04. The van der Waals surface area contributed by atoms with Gasteiger partial charge in [-0.1, -0.05) is 33.6 Å². The minimum Gasteiger partial charge on any atom is -0.349 e. The van der Waals surface area contributed by atoms with Gasteiger partial charge in [0.15, 0.2) is 0 Å². The van der Waals surface area contributed by atoms with E-state index >= 15 is 0 Å². The molecule has 0 atom stereocenters. The van der Waals surface area contributed by atoms with E-state index in [1.807, 2.05) is 11.8 Å². The number of hydrogen-bond donors (Lipinski definition) is 0. The summed E-state index contributed by atoms with van der Waals surface area (Å²) in [6.07, 6.45) is 5.54. The van der Waals surface area contributed by atoms with E-state index in [4.69, 9.17) is 0 Å². The van der Waals surface area contributed by atoms with Gasteiger partial charge < -0.3 is 11.8 Å². The van der Waals surface area contributed by atoms with E-state index in [2.05, 4.69) is 34.6 Å². The van der Waals surface area contributed by atoms with E-state index in [0.29, 0.717) is 5.41 Å². The van der Waals surface area contributed by atoms with Gasteiger partial charge in [0.25, 0.3) is 0 Å². The molecule has 0 spiro atoms. The molecule has 0 radical (unpaired) electrons. The molecule has 0 amide bonds. The normalized spacial score (nSPS) is 11.6. The maximum absolute atomic E-state index is 2.33. The van der Waals surface area contributed by atoms with E-state index in [1.54, 1.807) is 0 Å². The van der Waals surface area contributed by atoms with Crippen molar-refractivity contribution in [3.05, 3.63) is 5.25 Å². The van der Waals surface area contributed by atoms with Gasteiger partial charge in [0.05, 0.1) is 0 Å². The molecule has 0 aliphatic carbocycles. The predicted octanol–water partition coefficient (Wildman–Crippen LogP) is 4.90. The molecule has 0 nitrogen and oxygen atoms in total. The van der Waals surface area contributed by atoms with Crippen LogP contribution in [0.25, 0.3) is 0 Å². The molecule has 0 N–H and O–H groups in total. The Bertz CT molecular complexity index is 116. The Labute approximate surface area is 109 Å². The zero-order valence-electron chi connectivity index (χ0n) is 10.4. The molecule has 0 aromatic carbocycles. The van der Waals surface area contributed by atoms with E-state index in [0.717, 1.165) is 0 Å². The van der Waals surface area contributed by atoms with Crippen molar-refractivity contribution in [3.63, 3.8) is 0 Å². The Morgan fingerprint density at radius 2 is 1.57 bits per heavy atom. The monoisotopic (exact) mass is 385 g/mol. The Balaban J connectivity index is 0. The van der Waals surface area contributed by atoms with Gasteiger partial charge in [-0.25, -0.2) is 0 Å². The number of thioether (sulfide) groups is 1. The van der Waals surface area contributed by atoms with Crippen molar-refractivity contribution in [1.82, 2.24) is 0 Å². The zero-order chi connectivity index (χ0) is 10.3. The molecule has 0 unspecified atom stereocenters. The molecule has 0 heterocycles. The van der Waals surface area contributed by atoms with Gasteiger partial charge >= 0.3 is 0 Å². The fourth-order valence-electron chi connectivity index (χ4n) is 1.21. The van der Waals surface area contributed by atoms with Gasteiger partial charge in [-0.15, -0.1) is 0 Å². The summed E-state index contributed by atoms with van der Waals surface area (Å²) in [5, 5.41) is 1.50. The summed E-state index contributed by atoms with van der Waals surface area (Å²) in [6, 6.07) is 0. The van der Waals surface area contributed by atoms with Crippen LogP contribution in [0.5, 0.6) is 0 Å². The predicted molar refractivity (Wildman–Crippen MR) is 65.0 cm³/mol. The summed E-state index contributed by atoms with van der Waals surface area (Å²) in [7, 11) is 0. The van der Waals surface area contributed by atoms with Crippen LogP contribution in [0.15, 0.2) is 0 Å². The van der Waals surface area contributed by atoms with Gasteiger partial charge in [-0.2, -0.15) is 13.8 Å². The van der Waals surface area contributed by atoms with Crippen LogP contribution in [-0.4, -0.2) is 5.75 Å². The molecular formula is C12H25SW-. The second kappa shape index (κ2) is 9.28. The van der Waals surface area contributed by atoms with Crippen molar-refractivity contribution in [2.75, 3.05) is 5.75 Å². The van der Waals surface area contributed by atoms with Crippen LogP contribution < -0.4 is 0 Å². The summed E-state index contributed by atoms with van der Waals surface area (Å²) in [5.41, 5.74) is 0.528. The van der Waals surface area contributed by atoms with Crippen molar-refractivity contribution in [3.8, 4) is 0 Å². The molecule has 86 valence electrons. The SMILES string of the molecule is C[C-](C)SCCCCCC(C)(C)C.[W]. The third-order valence-electron chi connectivity index (χ3n) is 1.96. The molecule has 0 bridgehead atoms. The van der Waals surface area contributed by atoms with Crippen molar-refractivity contribution in [2.24, 2.45) is 5.41 Å². The molecule has 0 fully saturated rings. The molecule has 0 rings (SSSR count).